The van der Waals surface area contributed by atoms with Crippen LogP contribution >= 0.6 is 0 Å². The van der Waals surface area contributed by atoms with Crippen molar-refractivity contribution in [3.8, 4) is 0 Å². The molecule has 4 atom stereocenters. The number of hydrogen-bond donors (Lipinski definition) is 2. The predicted octanol–water partition coefficient (Wildman–Crippen LogP) is 1.98. The number of fused-ring (bicyclic) bond motifs is 2. The van der Waals surface area contributed by atoms with E-state index in [9.17, 15) is 9.90 Å². The molecule has 17 heavy (non-hydrogen) atoms. The van der Waals surface area contributed by atoms with Crippen LogP contribution in [0.2, 0.25) is 0 Å². The second kappa shape index (κ2) is 3.57. The van der Waals surface area contributed by atoms with Gasteiger partial charge in [-0.3, -0.25) is 4.79 Å². The highest BCUT2D eigenvalue weighted by Crippen LogP contribution is 2.57. The van der Waals surface area contributed by atoms with Crippen molar-refractivity contribution < 1.29 is 9.90 Å². The first-order valence-corrected chi connectivity index (χ1v) is 6.21. The summed E-state index contributed by atoms with van der Waals surface area (Å²) in [6, 6.07) is 9.90. The quantitative estimate of drug-likeness (QED) is 0.818. The van der Waals surface area contributed by atoms with Crippen LogP contribution in [0.5, 0.6) is 0 Å². The topological polar surface area (TPSA) is 63.3 Å². The molecule has 0 amide bonds. The number of carboxylic acid groups (broad SMARTS) is 1. The van der Waals surface area contributed by atoms with Gasteiger partial charge < -0.3 is 10.8 Å². The Bertz CT molecular complexity index is 445. The average Bonchev–Trinajstić information content (AvgIpc) is 2.89. The minimum absolute atomic E-state index is 0.0139. The van der Waals surface area contributed by atoms with Gasteiger partial charge in [0.15, 0.2) is 0 Å². The van der Waals surface area contributed by atoms with Crippen LogP contribution in [0.3, 0.4) is 0 Å². The standard InChI is InChI=1S/C14H17NO2/c15-14(13(16)17)11-7-6-10(8-11)12(14)9-4-2-1-3-5-9/h1-5,10-12H,6-8,15H2,(H,16,17)/t10-,11+,12-,14+/m0/s1. The van der Waals surface area contributed by atoms with E-state index in [2.05, 4.69) is 0 Å². The second-order valence-electron chi connectivity index (χ2n) is 5.40. The van der Waals surface area contributed by atoms with Gasteiger partial charge in [0.1, 0.15) is 5.54 Å². The van der Waals surface area contributed by atoms with Crippen molar-refractivity contribution in [3.05, 3.63) is 35.9 Å². The normalized spacial score (nSPS) is 39.5. The first-order valence-electron chi connectivity index (χ1n) is 6.21. The Morgan fingerprint density at radius 2 is 2.00 bits per heavy atom. The zero-order valence-corrected chi connectivity index (χ0v) is 9.67. The van der Waals surface area contributed by atoms with Crippen molar-refractivity contribution in [1.29, 1.82) is 0 Å². The SMILES string of the molecule is N[C@]1(C(=O)O)[C@@H]2CC[C@@H](C2)[C@@H]1c1ccccc1. The van der Waals surface area contributed by atoms with E-state index < -0.39 is 11.5 Å². The number of aliphatic carboxylic acids is 1. The molecule has 2 aliphatic carbocycles. The van der Waals surface area contributed by atoms with Gasteiger partial charge in [0.2, 0.25) is 0 Å². The predicted molar refractivity (Wildman–Crippen MR) is 64.6 cm³/mol. The van der Waals surface area contributed by atoms with E-state index in [1.165, 1.54) is 0 Å². The Morgan fingerprint density at radius 3 is 2.65 bits per heavy atom. The summed E-state index contributed by atoms with van der Waals surface area (Å²) in [4.78, 5) is 11.6. The van der Waals surface area contributed by atoms with E-state index in [1.807, 2.05) is 30.3 Å². The molecule has 0 spiro atoms. The van der Waals surface area contributed by atoms with Crippen molar-refractivity contribution in [2.24, 2.45) is 17.6 Å². The maximum atomic E-state index is 11.6. The summed E-state index contributed by atoms with van der Waals surface area (Å²) in [5.74, 6) is -0.253. The van der Waals surface area contributed by atoms with Gasteiger partial charge in [0.25, 0.3) is 0 Å². The monoisotopic (exact) mass is 231 g/mol. The minimum Gasteiger partial charge on any atom is -0.480 e. The number of benzene rings is 1. The van der Waals surface area contributed by atoms with E-state index in [0.29, 0.717) is 5.92 Å². The lowest BCUT2D eigenvalue weighted by Gasteiger charge is -2.37. The Labute approximate surface area is 101 Å². The van der Waals surface area contributed by atoms with Gasteiger partial charge in [-0.2, -0.15) is 0 Å². The minimum atomic E-state index is -1.05. The van der Waals surface area contributed by atoms with Crippen molar-refractivity contribution in [2.45, 2.75) is 30.7 Å². The third-order valence-corrected chi connectivity index (χ3v) is 4.66. The second-order valence-corrected chi connectivity index (χ2v) is 5.40. The molecule has 0 unspecified atom stereocenters. The van der Waals surface area contributed by atoms with Gasteiger partial charge in [-0.15, -0.1) is 0 Å². The molecule has 3 heteroatoms. The molecule has 2 saturated carbocycles. The zero-order valence-electron chi connectivity index (χ0n) is 9.67. The molecule has 1 aromatic rings. The Balaban J connectivity index is 2.06. The fourth-order valence-electron chi connectivity index (χ4n) is 3.91. The van der Waals surface area contributed by atoms with E-state index in [4.69, 9.17) is 5.73 Å². The van der Waals surface area contributed by atoms with Crippen molar-refractivity contribution in [2.75, 3.05) is 0 Å². The lowest BCUT2D eigenvalue weighted by molar-refractivity contribution is -0.146. The van der Waals surface area contributed by atoms with Gasteiger partial charge in [-0.05, 0) is 36.7 Å². The van der Waals surface area contributed by atoms with Gasteiger partial charge in [-0.1, -0.05) is 30.3 Å². The van der Waals surface area contributed by atoms with E-state index >= 15 is 0 Å². The van der Waals surface area contributed by atoms with Crippen LogP contribution in [0.1, 0.15) is 30.7 Å². The maximum absolute atomic E-state index is 11.6. The molecule has 2 aliphatic rings. The molecule has 3 N–H and O–H groups in total. The number of hydrogen-bond acceptors (Lipinski definition) is 2. The zero-order chi connectivity index (χ0) is 12.0. The van der Waals surface area contributed by atoms with Crippen LogP contribution in [0.15, 0.2) is 30.3 Å². The Morgan fingerprint density at radius 1 is 1.29 bits per heavy atom. The summed E-state index contributed by atoms with van der Waals surface area (Å²) in [7, 11) is 0. The van der Waals surface area contributed by atoms with Crippen molar-refractivity contribution in [1.82, 2.24) is 0 Å². The molecule has 0 aromatic heterocycles. The number of carboxylic acids is 1. The summed E-state index contributed by atoms with van der Waals surface area (Å²) in [5.41, 5.74) is 6.30. The highest BCUT2D eigenvalue weighted by molar-refractivity contribution is 5.81. The average molecular weight is 231 g/mol. The maximum Gasteiger partial charge on any atom is 0.324 e. The molecule has 2 fully saturated rings. The molecule has 90 valence electrons. The number of carbonyl (C=O) groups is 1. The van der Waals surface area contributed by atoms with Gasteiger partial charge in [-0.25, -0.2) is 0 Å². The highest BCUT2D eigenvalue weighted by Gasteiger charge is 2.60. The van der Waals surface area contributed by atoms with Crippen LogP contribution < -0.4 is 5.73 Å². The van der Waals surface area contributed by atoms with E-state index in [0.717, 1.165) is 24.8 Å². The molecule has 0 heterocycles. The number of rotatable bonds is 2. The van der Waals surface area contributed by atoms with Crippen molar-refractivity contribution >= 4 is 5.97 Å². The Kier molecular flexibility index (Phi) is 2.26. The van der Waals surface area contributed by atoms with Crippen LogP contribution in [0, 0.1) is 11.8 Å². The lowest BCUT2D eigenvalue weighted by Crippen LogP contribution is -2.56. The summed E-state index contributed by atoms with van der Waals surface area (Å²) in [5, 5.41) is 9.50. The number of nitrogens with two attached hydrogens (primary N) is 1. The van der Waals surface area contributed by atoms with Crippen LogP contribution in [-0.4, -0.2) is 16.6 Å². The molecule has 0 radical (unpaired) electrons. The summed E-state index contributed by atoms with van der Waals surface area (Å²) in [6.07, 6.45) is 3.07. The third kappa shape index (κ3) is 1.35. The summed E-state index contributed by atoms with van der Waals surface area (Å²) < 4.78 is 0. The molecule has 0 saturated heterocycles. The van der Waals surface area contributed by atoms with Gasteiger partial charge in [0.05, 0.1) is 0 Å². The molecule has 0 aliphatic heterocycles. The molecule has 3 rings (SSSR count). The molecule has 1 aromatic carbocycles. The van der Waals surface area contributed by atoms with Crippen LogP contribution in [-0.2, 0) is 4.79 Å². The fourth-order valence-corrected chi connectivity index (χ4v) is 3.91. The molecule has 2 bridgehead atoms. The first-order chi connectivity index (χ1) is 8.14. The lowest BCUT2D eigenvalue weighted by atomic mass is 9.70. The molecular weight excluding hydrogens is 214 g/mol. The smallest absolute Gasteiger partial charge is 0.324 e. The van der Waals surface area contributed by atoms with Crippen LogP contribution in [0.25, 0.3) is 0 Å². The molecular formula is C14H17NO2. The largest absolute Gasteiger partial charge is 0.480 e. The third-order valence-electron chi connectivity index (χ3n) is 4.66. The Hall–Kier alpha value is -1.35. The van der Waals surface area contributed by atoms with Gasteiger partial charge >= 0.3 is 5.97 Å². The van der Waals surface area contributed by atoms with Crippen molar-refractivity contribution in [3.63, 3.8) is 0 Å². The highest BCUT2D eigenvalue weighted by atomic mass is 16.4. The fraction of sp³-hybridized carbons (Fsp3) is 0.500. The van der Waals surface area contributed by atoms with Gasteiger partial charge in [0, 0.05) is 5.92 Å². The van der Waals surface area contributed by atoms with Crippen LogP contribution in [0.4, 0.5) is 0 Å². The van der Waals surface area contributed by atoms with E-state index in [-0.39, 0.29) is 11.8 Å². The van der Waals surface area contributed by atoms with E-state index in [1.54, 1.807) is 0 Å². The summed E-state index contributed by atoms with van der Waals surface area (Å²) in [6.45, 7) is 0. The first kappa shape index (κ1) is 10.8. The molecule has 3 nitrogen and oxygen atoms in total. The summed E-state index contributed by atoms with van der Waals surface area (Å²) >= 11 is 0.